The first kappa shape index (κ1) is 23.4. The molecule has 0 aliphatic heterocycles. The Kier molecular flexibility index (Phi) is 7.10. The quantitative estimate of drug-likeness (QED) is 0.230. The van der Waals surface area contributed by atoms with E-state index in [2.05, 4.69) is 22.8 Å². The molecule has 0 saturated carbocycles. The number of aryl methyl sites for hydroxylation is 1. The lowest BCUT2D eigenvalue weighted by Gasteiger charge is -2.15. The summed E-state index contributed by atoms with van der Waals surface area (Å²) in [5.74, 6) is 0.516. The van der Waals surface area contributed by atoms with Crippen molar-refractivity contribution in [3.05, 3.63) is 133 Å². The predicted molar refractivity (Wildman–Crippen MR) is 150 cm³/mol. The predicted octanol–water partition coefficient (Wildman–Crippen LogP) is 8.25. The smallest absolute Gasteiger partial charge is 0.240 e. The topological polar surface area (TPSA) is 50.4 Å². The fourth-order valence-corrected chi connectivity index (χ4v) is 4.52. The molecule has 2 N–H and O–H groups in total. The highest BCUT2D eigenvalue weighted by atomic mass is 32.2. The Morgan fingerprint density at radius 1 is 0.583 bits per heavy atom. The molecule has 5 aromatic carbocycles. The van der Waals surface area contributed by atoms with Crippen molar-refractivity contribution in [2.24, 2.45) is 0 Å². The normalized spacial score (nSPS) is 11.5. The minimum atomic E-state index is -1.65. The monoisotopic (exact) mass is 490 g/mol. The molecular formula is C31H26N2O2S. The molecular weight excluding hydrogens is 464 g/mol. The fourth-order valence-electron chi connectivity index (χ4n) is 3.76. The van der Waals surface area contributed by atoms with Gasteiger partial charge in [-0.1, -0.05) is 72.3 Å². The highest BCUT2D eigenvalue weighted by molar-refractivity contribution is 7.80. The summed E-state index contributed by atoms with van der Waals surface area (Å²) in [5, 5.41) is 6.79. The molecule has 0 spiro atoms. The van der Waals surface area contributed by atoms with Gasteiger partial charge in [0.05, 0.1) is 10.6 Å². The summed E-state index contributed by atoms with van der Waals surface area (Å²) < 4.78 is 19.1. The first-order chi connectivity index (χ1) is 17.6. The summed E-state index contributed by atoms with van der Waals surface area (Å²) in [4.78, 5) is 0.619. The Labute approximate surface area is 214 Å². The standard InChI is InChI=1S/C31H26N2O2S/c1-23-12-19-29(20-13-23)36(34)35-31-22-25(16-21-30(31)33-27-10-6-3-7-11-27)24-14-17-28(18-15-24)32-26-8-4-2-5-9-26/h2-22,32-33H,1H3. The van der Waals surface area contributed by atoms with Gasteiger partial charge >= 0.3 is 0 Å². The minimum absolute atomic E-state index is 0.516. The highest BCUT2D eigenvalue weighted by Crippen LogP contribution is 2.34. The molecule has 0 fully saturated rings. The third-order valence-electron chi connectivity index (χ3n) is 5.69. The Hall–Kier alpha value is -4.35. The average Bonchev–Trinajstić information content (AvgIpc) is 2.92. The molecule has 5 heteroatoms. The van der Waals surface area contributed by atoms with Gasteiger partial charge in [0.2, 0.25) is 11.1 Å². The Balaban J connectivity index is 1.43. The van der Waals surface area contributed by atoms with Crippen LogP contribution in [0.2, 0.25) is 0 Å². The SMILES string of the molecule is Cc1ccc(S(=O)Oc2cc(-c3ccc(Nc4ccccc4)cc3)ccc2Nc2ccccc2)cc1. The van der Waals surface area contributed by atoms with Crippen LogP contribution in [0.4, 0.5) is 22.7 Å². The van der Waals surface area contributed by atoms with Crippen LogP contribution in [0.5, 0.6) is 5.75 Å². The molecule has 0 radical (unpaired) electrons. The van der Waals surface area contributed by atoms with Crippen LogP contribution >= 0.6 is 0 Å². The summed E-state index contributed by atoms with van der Waals surface area (Å²) in [6, 6.07) is 41.6. The number of hydrogen-bond acceptors (Lipinski definition) is 4. The lowest BCUT2D eigenvalue weighted by molar-refractivity contribution is 0.563. The number of rotatable bonds is 8. The van der Waals surface area contributed by atoms with Crippen molar-refractivity contribution in [3.8, 4) is 16.9 Å². The van der Waals surface area contributed by atoms with E-state index in [1.807, 2.05) is 122 Å². The van der Waals surface area contributed by atoms with Crippen molar-refractivity contribution in [2.45, 2.75) is 11.8 Å². The second-order valence-electron chi connectivity index (χ2n) is 8.40. The van der Waals surface area contributed by atoms with Crippen molar-refractivity contribution >= 4 is 33.8 Å². The number of anilines is 4. The molecule has 36 heavy (non-hydrogen) atoms. The van der Waals surface area contributed by atoms with Gasteiger partial charge < -0.3 is 14.8 Å². The molecule has 0 amide bonds. The van der Waals surface area contributed by atoms with Gasteiger partial charge in [-0.25, -0.2) is 4.21 Å². The molecule has 5 aromatic rings. The van der Waals surface area contributed by atoms with E-state index in [1.54, 1.807) is 0 Å². The Morgan fingerprint density at radius 3 is 1.78 bits per heavy atom. The van der Waals surface area contributed by atoms with Gasteiger partial charge in [-0.3, -0.25) is 0 Å². The molecule has 0 aliphatic carbocycles. The maximum atomic E-state index is 13.0. The summed E-state index contributed by atoms with van der Waals surface area (Å²) in [5.41, 5.74) is 6.82. The molecule has 1 atom stereocenters. The zero-order chi connectivity index (χ0) is 24.7. The largest absolute Gasteiger partial charge is 0.395 e. The Bertz CT molecular complexity index is 1450. The van der Waals surface area contributed by atoms with Crippen LogP contribution in [-0.4, -0.2) is 4.21 Å². The van der Waals surface area contributed by atoms with E-state index < -0.39 is 11.1 Å². The third kappa shape index (κ3) is 5.82. The van der Waals surface area contributed by atoms with Gasteiger partial charge in [-0.05, 0) is 78.7 Å². The summed E-state index contributed by atoms with van der Waals surface area (Å²) in [6.07, 6.45) is 0. The Morgan fingerprint density at radius 2 is 1.14 bits per heavy atom. The van der Waals surface area contributed by atoms with E-state index in [0.29, 0.717) is 10.6 Å². The van der Waals surface area contributed by atoms with E-state index in [4.69, 9.17) is 4.18 Å². The second-order valence-corrected chi connectivity index (χ2v) is 9.51. The van der Waals surface area contributed by atoms with Crippen molar-refractivity contribution in [3.63, 3.8) is 0 Å². The number of benzene rings is 5. The summed E-state index contributed by atoms with van der Waals surface area (Å²) >= 11 is -1.65. The molecule has 1 unspecified atom stereocenters. The van der Waals surface area contributed by atoms with Crippen molar-refractivity contribution in [2.75, 3.05) is 10.6 Å². The summed E-state index contributed by atoms with van der Waals surface area (Å²) in [7, 11) is 0. The van der Waals surface area contributed by atoms with Crippen LogP contribution in [0.1, 0.15) is 5.56 Å². The molecule has 4 nitrogen and oxygen atoms in total. The second kappa shape index (κ2) is 10.9. The molecule has 0 aliphatic rings. The highest BCUT2D eigenvalue weighted by Gasteiger charge is 2.13. The van der Waals surface area contributed by atoms with E-state index in [0.717, 1.165) is 39.4 Å². The van der Waals surface area contributed by atoms with Gasteiger partial charge in [0.1, 0.15) is 0 Å². The molecule has 0 heterocycles. The third-order valence-corrected chi connectivity index (χ3v) is 6.68. The molecule has 5 rings (SSSR count). The lowest BCUT2D eigenvalue weighted by Crippen LogP contribution is -2.04. The van der Waals surface area contributed by atoms with Crippen molar-refractivity contribution < 1.29 is 8.39 Å². The molecule has 0 saturated heterocycles. The van der Waals surface area contributed by atoms with Crippen LogP contribution in [0, 0.1) is 6.92 Å². The van der Waals surface area contributed by atoms with Crippen LogP contribution in [0.15, 0.2) is 132 Å². The zero-order valence-corrected chi connectivity index (χ0v) is 20.7. The van der Waals surface area contributed by atoms with Gasteiger partial charge in [0.25, 0.3) is 0 Å². The minimum Gasteiger partial charge on any atom is -0.395 e. The van der Waals surface area contributed by atoms with E-state index in [9.17, 15) is 4.21 Å². The number of nitrogens with one attached hydrogen (secondary N) is 2. The maximum absolute atomic E-state index is 13.0. The molecule has 0 bridgehead atoms. The van der Waals surface area contributed by atoms with Crippen molar-refractivity contribution in [1.82, 2.24) is 0 Å². The van der Waals surface area contributed by atoms with Crippen LogP contribution in [-0.2, 0) is 11.1 Å². The zero-order valence-electron chi connectivity index (χ0n) is 19.8. The van der Waals surface area contributed by atoms with E-state index in [-0.39, 0.29) is 0 Å². The fraction of sp³-hybridized carbons (Fsp3) is 0.0323. The van der Waals surface area contributed by atoms with Crippen LogP contribution in [0.3, 0.4) is 0 Å². The van der Waals surface area contributed by atoms with E-state index in [1.165, 1.54) is 0 Å². The average molecular weight is 491 g/mol. The maximum Gasteiger partial charge on any atom is 0.240 e. The number of hydrogen-bond donors (Lipinski definition) is 2. The molecule has 178 valence electrons. The van der Waals surface area contributed by atoms with E-state index >= 15 is 0 Å². The lowest BCUT2D eigenvalue weighted by atomic mass is 10.0. The summed E-state index contributed by atoms with van der Waals surface area (Å²) in [6.45, 7) is 2.00. The van der Waals surface area contributed by atoms with Crippen molar-refractivity contribution in [1.29, 1.82) is 0 Å². The van der Waals surface area contributed by atoms with Gasteiger partial charge in [0, 0.05) is 17.1 Å². The number of para-hydroxylation sites is 2. The van der Waals surface area contributed by atoms with Gasteiger partial charge in [-0.2, -0.15) is 0 Å². The first-order valence-corrected chi connectivity index (χ1v) is 12.8. The van der Waals surface area contributed by atoms with Gasteiger partial charge in [0.15, 0.2) is 5.75 Å². The van der Waals surface area contributed by atoms with Gasteiger partial charge in [-0.15, -0.1) is 0 Å². The first-order valence-electron chi connectivity index (χ1n) is 11.7. The molecule has 0 aromatic heterocycles. The van der Waals surface area contributed by atoms with Crippen LogP contribution in [0.25, 0.3) is 11.1 Å². The van der Waals surface area contributed by atoms with Crippen LogP contribution < -0.4 is 14.8 Å².